The van der Waals surface area contributed by atoms with Gasteiger partial charge in [-0.1, -0.05) is 21.6 Å². The molecule has 0 aliphatic heterocycles. The van der Waals surface area contributed by atoms with Crippen LogP contribution in [-0.2, 0) is 9.59 Å². The van der Waals surface area contributed by atoms with Crippen molar-refractivity contribution in [3.05, 3.63) is 0 Å². The minimum absolute atomic E-state index is 0.0658. The van der Waals surface area contributed by atoms with Gasteiger partial charge in [-0.15, -0.1) is 0 Å². The molecule has 0 bridgehead atoms. The van der Waals surface area contributed by atoms with E-state index in [0.717, 1.165) is 11.5 Å². The molecule has 0 saturated heterocycles. The molecule has 2 amide bonds. The van der Waals surface area contributed by atoms with Gasteiger partial charge >= 0.3 is 0 Å². The van der Waals surface area contributed by atoms with Crippen LogP contribution < -0.4 is 22.1 Å². The molecule has 0 unspecified atom stereocenters. The van der Waals surface area contributed by atoms with E-state index in [9.17, 15) is 9.59 Å². The predicted octanol–water partition coefficient (Wildman–Crippen LogP) is -2.14. The lowest BCUT2D eigenvalue weighted by atomic mass is 10.4. The van der Waals surface area contributed by atoms with Gasteiger partial charge in [0.2, 0.25) is 11.8 Å². The molecule has 8 N–H and O–H groups in total. The fraction of sp³-hybridized carbons (Fsp3) is 0.800. The van der Waals surface area contributed by atoms with E-state index < -0.39 is 0 Å². The van der Waals surface area contributed by atoms with Crippen LogP contribution in [0.4, 0.5) is 0 Å². The van der Waals surface area contributed by atoms with Crippen LogP contribution in [0, 0.1) is 0 Å². The van der Waals surface area contributed by atoms with Crippen molar-refractivity contribution in [1.29, 1.82) is 0 Å². The van der Waals surface area contributed by atoms with Crippen LogP contribution in [0.2, 0.25) is 0 Å². The highest BCUT2D eigenvalue weighted by Gasteiger charge is 2.00. The lowest BCUT2D eigenvalue weighted by molar-refractivity contribution is -0.366. The second kappa shape index (κ2) is 13.0. The molecule has 106 valence electrons. The van der Waals surface area contributed by atoms with Gasteiger partial charge < -0.3 is 22.1 Å². The number of quaternary nitrogens is 2. The number of carbonyl (C=O) groups is 2. The summed E-state index contributed by atoms with van der Waals surface area (Å²) in [5, 5.41) is 5.64. The maximum atomic E-state index is 11.1. The Morgan fingerprint density at radius 1 is 0.833 bits per heavy atom. The highest BCUT2D eigenvalue weighted by molar-refractivity contribution is 8.76. The molecule has 0 fully saturated rings. The van der Waals surface area contributed by atoms with Crippen LogP contribution in [-0.4, -0.2) is 49.5 Å². The Morgan fingerprint density at radius 2 is 1.22 bits per heavy atom. The predicted molar refractivity (Wildman–Crippen MR) is 75.7 cm³/mol. The van der Waals surface area contributed by atoms with Crippen LogP contribution in [0.1, 0.15) is 12.8 Å². The molecule has 0 aromatic carbocycles. The van der Waals surface area contributed by atoms with Crippen molar-refractivity contribution in [2.45, 2.75) is 12.8 Å². The summed E-state index contributed by atoms with van der Waals surface area (Å²) in [5.74, 6) is 1.88. The zero-order valence-corrected chi connectivity index (χ0v) is 12.3. The average molecular weight is 296 g/mol. The Kier molecular flexibility index (Phi) is 12.7. The van der Waals surface area contributed by atoms with E-state index in [1.165, 1.54) is 0 Å². The van der Waals surface area contributed by atoms with Crippen molar-refractivity contribution in [3.8, 4) is 0 Å². The van der Waals surface area contributed by atoms with E-state index in [4.69, 9.17) is 0 Å². The highest BCUT2D eigenvalue weighted by atomic mass is 33.1. The Bertz CT molecular complexity index is 218. The van der Waals surface area contributed by atoms with Crippen molar-refractivity contribution in [1.82, 2.24) is 10.6 Å². The van der Waals surface area contributed by atoms with Gasteiger partial charge in [-0.3, -0.25) is 9.59 Å². The molecule has 0 aliphatic rings. The lowest BCUT2D eigenvalue weighted by Crippen LogP contribution is -2.52. The summed E-state index contributed by atoms with van der Waals surface area (Å²) >= 11 is 0. The van der Waals surface area contributed by atoms with Crippen molar-refractivity contribution in [3.63, 3.8) is 0 Å². The molecule has 6 nitrogen and oxygen atoms in total. The number of nitrogens with one attached hydrogen (secondary N) is 2. The van der Waals surface area contributed by atoms with E-state index in [-0.39, 0.29) is 11.8 Å². The largest absolute Gasteiger partial charge is 0.357 e. The summed E-state index contributed by atoms with van der Waals surface area (Å²) in [4.78, 5) is 22.2. The molecule has 0 spiro atoms. The normalized spacial score (nSPS) is 10.1. The van der Waals surface area contributed by atoms with E-state index in [1.807, 2.05) is 0 Å². The molecule has 0 atom stereocenters. The van der Waals surface area contributed by atoms with Gasteiger partial charge in [0, 0.05) is 24.6 Å². The summed E-state index contributed by atoms with van der Waals surface area (Å²) in [6.45, 7) is 2.65. The summed E-state index contributed by atoms with van der Waals surface area (Å²) < 4.78 is 0. The van der Waals surface area contributed by atoms with Crippen LogP contribution in [0.5, 0.6) is 0 Å². The second-order valence-corrected chi connectivity index (χ2v) is 6.25. The first-order valence-electron chi connectivity index (χ1n) is 6.07. The molecule has 0 aromatic rings. The van der Waals surface area contributed by atoms with Crippen LogP contribution in [0.3, 0.4) is 0 Å². The molecule has 0 aliphatic carbocycles. The van der Waals surface area contributed by atoms with Gasteiger partial charge in [-0.2, -0.15) is 0 Å². The number of rotatable bonds is 11. The van der Waals surface area contributed by atoms with E-state index in [0.29, 0.717) is 39.0 Å². The number of hydrogen-bond donors (Lipinski definition) is 4. The standard InChI is InChI=1S/C10H22N4O2S2/c11-3-1-9(15)13-5-7-17-18-8-6-14-10(16)2-4-12/h1-8,11-12H2,(H,13,15)(H,14,16)/p+2. The number of hydrogen-bond acceptors (Lipinski definition) is 4. The quantitative estimate of drug-likeness (QED) is 0.257. The third-order valence-corrected chi connectivity index (χ3v) is 4.31. The van der Waals surface area contributed by atoms with E-state index in [1.54, 1.807) is 21.6 Å². The summed E-state index contributed by atoms with van der Waals surface area (Å²) in [7, 11) is 3.40. The second-order valence-electron chi connectivity index (χ2n) is 3.55. The smallest absolute Gasteiger partial charge is 0.225 e. The Labute approximate surface area is 116 Å². The third kappa shape index (κ3) is 12.0. The van der Waals surface area contributed by atoms with E-state index >= 15 is 0 Å². The fourth-order valence-electron chi connectivity index (χ4n) is 1.08. The Balaban J connectivity index is 3.16. The molecule has 8 heteroatoms. The SMILES string of the molecule is [NH3+]CCC(=O)NCCSSCCNC(=O)CC[NH3+]. The van der Waals surface area contributed by atoms with Gasteiger partial charge in [0.25, 0.3) is 0 Å². The zero-order valence-electron chi connectivity index (χ0n) is 10.7. The number of carbonyl (C=O) groups excluding carboxylic acids is 2. The number of amides is 2. The maximum absolute atomic E-state index is 11.1. The molecule has 18 heavy (non-hydrogen) atoms. The van der Waals surface area contributed by atoms with Gasteiger partial charge in [0.15, 0.2) is 0 Å². The summed E-state index contributed by atoms with van der Waals surface area (Å²) in [6.07, 6.45) is 0.992. The van der Waals surface area contributed by atoms with Gasteiger partial charge in [0.1, 0.15) is 0 Å². The first kappa shape index (κ1) is 17.6. The molecule has 0 aromatic heterocycles. The lowest BCUT2D eigenvalue weighted by Gasteiger charge is -2.04. The molecular weight excluding hydrogens is 272 g/mol. The van der Waals surface area contributed by atoms with Crippen molar-refractivity contribution in [2.24, 2.45) is 0 Å². The molecule has 0 rings (SSSR count). The third-order valence-electron chi connectivity index (χ3n) is 1.91. The van der Waals surface area contributed by atoms with Gasteiger partial charge in [-0.05, 0) is 0 Å². The molecular formula is C10H24N4O2S2+2. The first-order valence-corrected chi connectivity index (χ1v) is 8.55. The van der Waals surface area contributed by atoms with Crippen LogP contribution in [0.25, 0.3) is 0 Å². The van der Waals surface area contributed by atoms with Crippen LogP contribution >= 0.6 is 21.6 Å². The summed E-state index contributed by atoms with van der Waals surface area (Å²) in [5.41, 5.74) is 7.25. The minimum atomic E-state index is 0.0658. The van der Waals surface area contributed by atoms with Gasteiger partial charge in [0.05, 0.1) is 25.9 Å². The maximum Gasteiger partial charge on any atom is 0.225 e. The van der Waals surface area contributed by atoms with Crippen molar-refractivity contribution >= 4 is 33.4 Å². The Morgan fingerprint density at radius 3 is 1.56 bits per heavy atom. The zero-order chi connectivity index (χ0) is 13.6. The molecule has 0 saturated carbocycles. The molecule has 0 heterocycles. The van der Waals surface area contributed by atoms with Crippen LogP contribution in [0.15, 0.2) is 0 Å². The average Bonchev–Trinajstić information content (AvgIpc) is 2.33. The monoisotopic (exact) mass is 296 g/mol. The van der Waals surface area contributed by atoms with Crippen molar-refractivity contribution < 1.29 is 21.1 Å². The topological polar surface area (TPSA) is 113 Å². The highest BCUT2D eigenvalue weighted by Crippen LogP contribution is 2.19. The first-order chi connectivity index (χ1) is 8.70. The van der Waals surface area contributed by atoms with E-state index in [2.05, 4.69) is 22.1 Å². The minimum Gasteiger partial charge on any atom is -0.357 e. The fourth-order valence-corrected chi connectivity index (χ4v) is 2.89. The van der Waals surface area contributed by atoms with Crippen molar-refractivity contribution in [2.75, 3.05) is 37.7 Å². The molecule has 0 radical (unpaired) electrons. The van der Waals surface area contributed by atoms with Gasteiger partial charge in [-0.25, -0.2) is 0 Å². The Hall–Kier alpha value is -0.440. The summed E-state index contributed by atoms with van der Waals surface area (Å²) in [6, 6.07) is 0.